The molecule has 0 saturated heterocycles. The summed E-state index contributed by atoms with van der Waals surface area (Å²) in [5.74, 6) is -10.6. The Morgan fingerprint density at radius 3 is 1.06 bits per heavy atom. The molecule has 0 aromatic heterocycles. The Morgan fingerprint density at radius 1 is 0.383 bits per heavy atom. The zero-order valence-corrected chi connectivity index (χ0v) is 26.6. The summed E-state index contributed by atoms with van der Waals surface area (Å²) >= 11 is 0. The van der Waals surface area contributed by atoms with Gasteiger partial charge in [-0.05, 0) is 41.5 Å². The van der Waals surface area contributed by atoms with Gasteiger partial charge in [0.1, 0.15) is 6.61 Å². The Labute approximate surface area is 267 Å². The summed E-state index contributed by atoms with van der Waals surface area (Å²) < 4.78 is 46.6. The molecule has 0 bridgehead atoms. The highest BCUT2D eigenvalue weighted by atomic mass is 16.7. The average Bonchev–Trinajstić information content (AvgIpc) is 3.01. The van der Waals surface area contributed by atoms with Crippen molar-refractivity contribution in [3.63, 3.8) is 0 Å². The first-order valence-corrected chi connectivity index (χ1v) is 13.5. The van der Waals surface area contributed by atoms with Crippen molar-refractivity contribution in [3.8, 4) is 0 Å². The SMILES string of the molecule is CO[C@@H](C)C(=O)OCC(=O)O[C@@H](C)C(=O)OCC(=O)OCC(=O)O[C@@H](C)C(=O)O[C@@H](C)C(=O)OCC(=O)O[C@@H](C)C(=O)OCC(C)=O. The molecule has 0 radical (unpaired) electrons. The molecule has 5 atom stereocenters. The minimum Gasteiger partial charge on any atom is -0.455 e. The van der Waals surface area contributed by atoms with Crippen molar-refractivity contribution in [1.29, 1.82) is 0 Å². The normalized spacial score (nSPS) is 13.5. The molecule has 20 nitrogen and oxygen atoms in total. The van der Waals surface area contributed by atoms with Crippen LogP contribution in [-0.2, 0) is 95.3 Å². The van der Waals surface area contributed by atoms with Crippen LogP contribution in [0.2, 0.25) is 0 Å². The molecule has 0 heterocycles. The van der Waals surface area contributed by atoms with Gasteiger partial charge >= 0.3 is 53.7 Å². The second-order valence-electron chi connectivity index (χ2n) is 9.15. The van der Waals surface area contributed by atoms with E-state index in [0.717, 1.165) is 27.7 Å². The minimum atomic E-state index is -1.60. The molecule has 0 aliphatic carbocycles. The number of rotatable bonds is 20. The van der Waals surface area contributed by atoms with Crippen LogP contribution in [0.3, 0.4) is 0 Å². The quantitative estimate of drug-likeness (QED) is 0.0999. The third-order valence-corrected chi connectivity index (χ3v) is 5.00. The number of esters is 9. The van der Waals surface area contributed by atoms with E-state index in [4.69, 9.17) is 18.9 Å². The number of hydrogen-bond donors (Lipinski definition) is 0. The molecule has 0 spiro atoms. The summed E-state index contributed by atoms with van der Waals surface area (Å²) in [6.07, 6.45) is -7.03. The largest absolute Gasteiger partial charge is 0.455 e. The van der Waals surface area contributed by atoms with Gasteiger partial charge in [0.2, 0.25) is 0 Å². The summed E-state index contributed by atoms with van der Waals surface area (Å²) in [7, 11) is 1.25. The number of ether oxygens (including phenoxy) is 10. The first-order valence-electron chi connectivity index (χ1n) is 13.5. The molecule has 0 saturated carbocycles. The van der Waals surface area contributed by atoms with Gasteiger partial charge in [0, 0.05) is 7.11 Å². The molecule has 20 heteroatoms. The lowest BCUT2D eigenvalue weighted by molar-refractivity contribution is -0.182. The number of hydrogen-bond acceptors (Lipinski definition) is 20. The van der Waals surface area contributed by atoms with Crippen molar-refractivity contribution in [2.45, 2.75) is 72.1 Å². The van der Waals surface area contributed by atoms with E-state index in [1.54, 1.807) is 0 Å². The fourth-order valence-electron chi connectivity index (χ4n) is 2.47. The van der Waals surface area contributed by atoms with Gasteiger partial charge in [-0.2, -0.15) is 0 Å². The predicted octanol–water partition coefficient (Wildman–Crippen LogP) is -1.95. The standard InChI is InChI=1S/C27H36O20/c1-13(28)8-40-24(34)15(3)44-22(32)12-43-26(36)17(5)47-27(37)18(6)46-20(30)10-39-19(29)9-41-25(35)16(4)45-21(31)11-42-23(33)14(2)38-7/h14-18H,8-12H2,1-7H3/t14-,15-,16-,17-,18-/m0/s1. The first kappa shape index (κ1) is 41.9. The van der Waals surface area contributed by atoms with Gasteiger partial charge in [-0.25, -0.2) is 43.2 Å². The van der Waals surface area contributed by atoms with Crippen LogP contribution in [0, 0.1) is 0 Å². The Morgan fingerprint density at radius 2 is 0.681 bits per heavy atom. The van der Waals surface area contributed by atoms with Crippen LogP contribution in [0.1, 0.15) is 41.5 Å². The van der Waals surface area contributed by atoms with Gasteiger partial charge in [0.25, 0.3) is 0 Å². The summed E-state index contributed by atoms with van der Waals surface area (Å²) in [5.41, 5.74) is 0. The van der Waals surface area contributed by atoms with Crippen LogP contribution < -0.4 is 0 Å². The highest BCUT2D eigenvalue weighted by Gasteiger charge is 2.28. The maximum absolute atomic E-state index is 12.1. The van der Waals surface area contributed by atoms with Crippen molar-refractivity contribution in [1.82, 2.24) is 0 Å². The number of carbonyl (C=O) groups is 10. The Balaban J connectivity index is 4.41. The predicted molar refractivity (Wildman–Crippen MR) is 144 cm³/mol. The third kappa shape index (κ3) is 18.4. The summed E-state index contributed by atoms with van der Waals surface area (Å²) in [5, 5.41) is 0. The van der Waals surface area contributed by atoms with Gasteiger partial charge in [-0.15, -0.1) is 0 Å². The molecule has 0 aliphatic heterocycles. The summed E-state index contributed by atoms with van der Waals surface area (Å²) in [6.45, 7) is 2.64. The number of carbonyl (C=O) groups excluding carboxylic acids is 10. The van der Waals surface area contributed by atoms with E-state index in [2.05, 4.69) is 28.4 Å². The lowest BCUT2D eigenvalue weighted by Gasteiger charge is -2.17. The molecular weight excluding hydrogens is 644 g/mol. The Bertz CT molecular complexity index is 1170. The van der Waals surface area contributed by atoms with Crippen molar-refractivity contribution < 1.29 is 95.3 Å². The van der Waals surface area contributed by atoms with Crippen LogP contribution in [0.15, 0.2) is 0 Å². The highest BCUT2D eigenvalue weighted by molar-refractivity contribution is 5.86. The lowest BCUT2D eigenvalue weighted by atomic mass is 10.3. The fourth-order valence-corrected chi connectivity index (χ4v) is 2.47. The monoisotopic (exact) mass is 680 g/mol. The van der Waals surface area contributed by atoms with E-state index in [1.807, 2.05) is 0 Å². The Kier molecular flexibility index (Phi) is 19.2. The van der Waals surface area contributed by atoms with E-state index in [9.17, 15) is 47.9 Å². The van der Waals surface area contributed by atoms with Gasteiger partial charge in [0.05, 0.1) is 0 Å². The van der Waals surface area contributed by atoms with Crippen molar-refractivity contribution >= 4 is 59.5 Å². The lowest BCUT2D eigenvalue weighted by Crippen LogP contribution is -2.35. The zero-order chi connectivity index (χ0) is 36.3. The van der Waals surface area contributed by atoms with E-state index in [1.165, 1.54) is 21.0 Å². The van der Waals surface area contributed by atoms with Crippen LogP contribution in [0.25, 0.3) is 0 Å². The molecular formula is C27H36O20. The molecule has 0 N–H and O–H groups in total. The zero-order valence-electron chi connectivity index (χ0n) is 26.6. The van der Waals surface area contributed by atoms with Gasteiger partial charge < -0.3 is 47.4 Å². The second-order valence-corrected chi connectivity index (χ2v) is 9.15. The molecule has 0 amide bonds. The fraction of sp³-hybridized carbons (Fsp3) is 0.630. The molecule has 264 valence electrons. The summed E-state index contributed by atoms with van der Waals surface area (Å²) in [4.78, 5) is 117. The number of methoxy groups -OCH3 is 1. The van der Waals surface area contributed by atoms with E-state index in [0.29, 0.717) is 0 Å². The maximum atomic E-state index is 12.1. The molecule has 0 aromatic carbocycles. The second kappa shape index (κ2) is 21.6. The number of ketones is 1. The van der Waals surface area contributed by atoms with Crippen molar-refractivity contribution in [2.75, 3.05) is 40.1 Å². The topological polar surface area (TPSA) is 263 Å². The highest BCUT2D eigenvalue weighted by Crippen LogP contribution is 2.04. The van der Waals surface area contributed by atoms with Crippen LogP contribution in [-0.4, -0.2) is 130 Å². The molecule has 0 rings (SSSR count). The summed E-state index contributed by atoms with van der Waals surface area (Å²) in [6, 6.07) is 0. The first-order chi connectivity index (χ1) is 21.9. The van der Waals surface area contributed by atoms with Crippen LogP contribution in [0.4, 0.5) is 0 Å². The third-order valence-electron chi connectivity index (χ3n) is 5.00. The van der Waals surface area contributed by atoms with Crippen LogP contribution in [0.5, 0.6) is 0 Å². The maximum Gasteiger partial charge on any atom is 0.347 e. The van der Waals surface area contributed by atoms with Crippen molar-refractivity contribution in [3.05, 3.63) is 0 Å². The van der Waals surface area contributed by atoms with E-state index in [-0.39, 0.29) is 0 Å². The van der Waals surface area contributed by atoms with Crippen LogP contribution >= 0.6 is 0 Å². The van der Waals surface area contributed by atoms with Crippen molar-refractivity contribution in [2.24, 2.45) is 0 Å². The molecule has 0 fully saturated rings. The number of Topliss-reactive ketones (excluding diaryl/α,β-unsaturated/α-hetero) is 1. The smallest absolute Gasteiger partial charge is 0.347 e. The Hall–Kier alpha value is -5.14. The molecule has 47 heavy (non-hydrogen) atoms. The minimum absolute atomic E-state index is 0.440. The van der Waals surface area contributed by atoms with E-state index >= 15 is 0 Å². The van der Waals surface area contributed by atoms with Gasteiger partial charge in [0.15, 0.2) is 62.7 Å². The van der Waals surface area contributed by atoms with Gasteiger partial charge in [-0.1, -0.05) is 0 Å². The molecule has 0 aromatic rings. The van der Waals surface area contributed by atoms with E-state index < -0.39 is 123 Å². The van der Waals surface area contributed by atoms with Gasteiger partial charge in [-0.3, -0.25) is 4.79 Å². The molecule has 0 aliphatic rings. The average molecular weight is 681 g/mol. The molecule has 0 unspecified atom stereocenters.